The van der Waals surface area contributed by atoms with Gasteiger partial charge >= 0.3 is 0 Å². The van der Waals surface area contributed by atoms with Crippen LogP contribution < -0.4 is 0 Å². The van der Waals surface area contributed by atoms with Gasteiger partial charge in [-0.15, -0.1) is 0 Å². The number of aromatic nitrogens is 2. The Labute approximate surface area is 167 Å². The SMILES string of the molecule is C/C(=N\c1ccc(C)cc1C)c1cncc(/C(C)=N/c2ccc(C)cc2C)n1. The van der Waals surface area contributed by atoms with Crippen LogP contribution in [0.1, 0.15) is 47.5 Å². The molecule has 3 aromatic rings. The Bertz CT molecular complexity index is 995. The summed E-state index contributed by atoms with van der Waals surface area (Å²) in [5, 5.41) is 0. The molecule has 0 amide bonds. The summed E-state index contributed by atoms with van der Waals surface area (Å²) in [5.41, 5.74) is 9.85. The normalized spacial score (nSPS) is 12.4. The first-order chi connectivity index (χ1) is 13.3. The molecule has 2 aromatic carbocycles. The van der Waals surface area contributed by atoms with Gasteiger partial charge in [0.25, 0.3) is 0 Å². The summed E-state index contributed by atoms with van der Waals surface area (Å²) >= 11 is 0. The van der Waals surface area contributed by atoms with Gasteiger partial charge in [-0.05, 0) is 64.8 Å². The van der Waals surface area contributed by atoms with Crippen molar-refractivity contribution in [2.75, 3.05) is 0 Å². The first-order valence-electron chi connectivity index (χ1n) is 9.41. The van der Waals surface area contributed by atoms with Crippen molar-refractivity contribution in [3.63, 3.8) is 0 Å². The lowest BCUT2D eigenvalue weighted by atomic mass is 10.1. The van der Waals surface area contributed by atoms with Crippen molar-refractivity contribution < 1.29 is 0 Å². The van der Waals surface area contributed by atoms with Gasteiger partial charge in [-0.25, -0.2) is 4.98 Å². The van der Waals surface area contributed by atoms with Gasteiger partial charge in [-0.1, -0.05) is 35.4 Å². The number of aliphatic imine (C=N–C) groups is 2. The smallest absolute Gasteiger partial charge is 0.103 e. The van der Waals surface area contributed by atoms with E-state index in [-0.39, 0.29) is 0 Å². The highest BCUT2D eigenvalue weighted by Crippen LogP contribution is 2.22. The molecule has 0 aliphatic carbocycles. The summed E-state index contributed by atoms with van der Waals surface area (Å²) in [6.45, 7) is 12.2. The first kappa shape index (κ1) is 19.6. The monoisotopic (exact) mass is 370 g/mol. The van der Waals surface area contributed by atoms with E-state index in [0.29, 0.717) is 0 Å². The van der Waals surface area contributed by atoms with E-state index >= 15 is 0 Å². The van der Waals surface area contributed by atoms with Gasteiger partial charge in [0, 0.05) is 0 Å². The minimum atomic E-state index is 0.757. The average molecular weight is 371 g/mol. The number of rotatable bonds is 4. The summed E-state index contributed by atoms with van der Waals surface area (Å²) < 4.78 is 0. The van der Waals surface area contributed by atoms with Gasteiger partial charge in [-0.2, -0.15) is 0 Å². The number of benzene rings is 2. The molecule has 0 spiro atoms. The molecule has 0 saturated carbocycles. The summed E-state index contributed by atoms with van der Waals surface area (Å²) in [5.74, 6) is 0. The fourth-order valence-corrected chi connectivity index (χ4v) is 3.05. The zero-order chi connectivity index (χ0) is 20.3. The molecule has 142 valence electrons. The highest BCUT2D eigenvalue weighted by Gasteiger charge is 2.07. The largest absolute Gasteiger partial charge is 0.260 e. The molecule has 0 unspecified atom stereocenters. The minimum absolute atomic E-state index is 0.757. The summed E-state index contributed by atoms with van der Waals surface area (Å²) in [7, 11) is 0. The molecule has 0 aliphatic heterocycles. The highest BCUT2D eigenvalue weighted by atomic mass is 14.9. The molecule has 4 nitrogen and oxygen atoms in total. The van der Waals surface area contributed by atoms with E-state index in [1.54, 1.807) is 12.4 Å². The van der Waals surface area contributed by atoms with Gasteiger partial charge in [0.15, 0.2) is 0 Å². The quantitative estimate of drug-likeness (QED) is 0.530. The minimum Gasteiger partial charge on any atom is -0.260 e. The lowest BCUT2D eigenvalue weighted by Gasteiger charge is -2.07. The van der Waals surface area contributed by atoms with Gasteiger partial charge in [0.05, 0.1) is 35.2 Å². The van der Waals surface area contributed by atoms with E-state index in [1.807, 2.05) is 26.0 Å². The van der Waals surface area contributed by atoms with Crippen LogP contribution in [0.2, 0.25) is 0 Å². The molecule has 0 atom stereocenters. The van der Waals surface area contributed by atoms with Gasteiger partial charge in [0.1, 0.15) is 11.4 Å². The van der Waals surface area contributed by atoms with E-state index < -0.39 is 0 Å². The Balaban J connectivity index is 1.93. The van der Waals surface area contributed by atoms with E-state index in [2.05, 4.69) is 56.9 Å². The van der Waals surface area contributed by atoms with Crippen LogP contribution in [0, 0.1) is 27.7 Å². The van der Waals surface area contributed by atoms with Crippen LogP contribution >= 0.6 is 0 Å². The van der Waals surface area contributed by atoms with Crippen molar-refractivity contribution in [1.29, 1.82) is 0 Å². The highest BCUT2D eigenvalue weighted by molar-refractivity contribution is 6.02. The van der Waals surface area contributed by atoms with Gasteiger partial charge in [0.2, 0.25) is 0 Å². The third-order valence-corrected chi connectivity index (χ3v) is 4.66. The number of aryl methyl sites for hydroxylation is 4. The molecule has 1 aromatic heterocycles. The molecule has 1 heterocycles. The fraction of sp³-hybridized carbons (Fsp3) is 0.250. The number of nitrogens with zero attached hydrogens (tertiary/aromatic N) is 4. The molecule has 0 bridgehead atoms. The third kappa shape index (κ3) is 4.58. The van der Waals surface area contributed by atoms with E-state index in [4.69, 9.17) is 15.0 Å². The van der Waals surface area contributed by atoms with Crippen LogP contribution in [-0.2, 0) is 0 Å². The first-order valence-corrected chi connectivity index (χ1v) is 9.41. The molecule has 0 saturated heterocycles. The lowest BCUT2D eigenvalue weighted by Crippen LogP contribution is -2.06. The molecule has 0 radical (unpaired) electrons. The van der Waals surface area contributed by atoms with E-state index in [9.17, 15) is 0 Å². The predicted octanol–water partition coefficient (Wildman–Crippen LogP) is 5.99. The number of hydrogen-bond donors (Lipinski definition) is 0. The van der Waals surface area contributed by atoms with E-state index in [0.717, 1.165) is 45.3 Å². The Kier molecular flexibility index (Phi) is 5.78. The van der Waals surface area contributed by atoms with Crippen molar-refractivity contribution >= 4 is 22.8 Å². The van der Waals surface area contributed by atoms with E-state index in [1.165, 1.54) is 11.1 Å². The standard InChI is InChI=1S/C24H26N4/c1-15-7-9-21(17(3)11-15)26-19(5)23-13-25-14-24(28-23)20(6)27-22-10-8-16(2)12-18(22)4/h7-14H,1-6H3/b26-19+,27-20+. The second-order valence-corrected chi connectivity index (χ2v) is 7.26. The Hall–Kier alpha value is -3.14. The molecule has 3 rings (SSSR count). The maximum absolute atomic E-state index is 4.75. The molecular weight excluding hydrogens is 344 g/mol. The Morgan fingerprint density at radius 2 is 1.11 bits per heavy atom. The second kappa shape index (κ2) is 8.26. The Morgan fingerprint density at radius 1 is 0.679 bits per heavy atom. The van der Waals surface area contributed by atoms with Crippen molar-refractivity contribution in [1.82, 2.24) is 9.97 Å². The zero-order valence-corrected chi connectivity index (χ0v) is 17.4. The molecular formula is C24H26N4. The summed E-state index contributed by atoms with van der Waals surface area (Å²) in [6, 6.07) is 12.5. The van der Waals surface area contributed by atoms with Crippen LogP contribution in [0.25, 0.3) is 0 Å². The van der Waals surface area contributed by atoms with Crippen molar-refractivity contribution in [2.24, 2.45) is 9.98 Å². The fourth-order valence-electron chi connectivity index (χ4n) is 3.05. The van der Waals surface area contributed by atoms with Crippen LogP contribution in [0.4, 0.5) is 11.4 Å². The zero-order valence-electron chi connectivity index (χ0n) is 17.4. The molecule has 0 fully saturated rings. The second-order valence-electron chi connectivity index (χ2n) is 7.26. The average Bonchev–Trinajstić information content (AvgIpc) is 2.66. The molecule has 4 heteroatoms. The Morgan fingerprint density at radius 3 is 1.50 bits per heavy atom. The summed E-state index contributed by atoms with van der Waals surface area (Å²) in [6.07, 6.45) is 3.49. The lowest BCUT2D eigenvalue weighted by molar-refractivity contribution is 1.14. The maximum Gasteiger partial charge on any atom is 0.103 e. The van der Waals surface area contributed by atoms with Crippen LogP contribution in [-0.4, -0.2) is 21.4 Å². The van der Waals surface area contributed by atoms with Crippen molar-refractivity contribution in [3.05, 3.63) is 82.4 Å². The maximum atomic E-state index is 4.75. The van der Waals surface area contributed by atoms with Crippen LogP contribution in [0.5, 0.6) is 0 Å². The van der Waals surface area contributed by atoms with Gasteiger partial charge in [-0.3, -0.25) is 15.0 Å². The molecule has 28 heavy (non-hydrogen) atoms. The predicted molar refractivity (Wildman–Crippen MR) is 118 cm³/mol. The summed E-state index contributed by atoms with van der Waals surface area (Å²) in [4.78, 5) is 18.6. The van der Waals surface area contributed by atoms with Crippen molar-refractivity contribution in [2.45, 2.75) is 41.5 Å². The van der Waals surface area contributed by atoms with Gasteiger partial charge < -0.3 is 0 Å². The van der Waals surface area contributed by atoms with Crippen LogP contribution in [0.3, 0.4) is 0 Å². The molecule has 0 aliphatic rings. The van der Waals surface area contributed by atoms with Crippen molar-refractivity contribution in [3.8, 4) is 0 Å². The van der Waals surface area contributed by atoms with Crippen LogP contribution in [0.15, 0.2) is 58.8 Å². The topological polar surface area (TPSA) is 50.5 Å². The third-order valence-electron chi connectivity index (χ3n) is 4.66. The molecule has 0 N–H and O–H groups in total. The number of hydrogen-bond acceptors (Lipinski definition) is 4.